The molecule has 110 valence electrons. The Labute approximate surface area is 123 Å². The number of hydrogen-bond acceptors (Lipinski definition) is 6. The summed E-state index contributed by atoms with van der Waals surface area (Å²) in [6.07, 6.45) is 0. The van der Waals surface area contributed by atoms with Crippen LogP contribution in [-0.4, -0.2) is 35.3 Å². The Hall–Kier alpha value is -2.35. The van der Waals surface area contributed by atoms with Crippen molar-refractivity contribution in [3.8, 4) is 11.8 Å². The SMILES string of the molecule is COc1cc(OC)nc(Sc2ccc(C(=O)O)cc2F)n1. The van der Waals surface area contributed by atoms with Gasteiger partial charge >= 0.3 is 5.97 Å². The molecule has 0 aliphatic carbocycles. The van der Waals surface area contributed by atoms with E-state index in [1.54, 1.807) is 0 Å². The highest BCUT2D eigenvalue weighted by Gasteiger charge is 2.12. The number of aromatic carboxylic acids is 1. The molecule has 0 saturated carbocycles. The smallest absolute Gasteiger partial charge is 0.335 e. The number of halogens is 1. The third-order valence-corrected chi connectivity index (χ3v) is 3.37. The molecule has 0 aliphatic rings. The van der Waals surface area contributed by atoms with Gasteiger partial charge in [0.1, 0.15) is 5.82 Å². The Morgan fingerprint density at radius 1 is 1.19 bits per heavy atom. The number of benzene rings is 1. The average molecular weight is 310 g/mol. The quantitative estimate of drug-likeness (QED) is 0.850. The van der Waals surface area contributed by atoms with Crippen LogP contribution in [-0.2, 0) is 0 Å². The maximum Gasteiger partial charge on any atom is 0.335 e. The minimum Gasteiger partial charge on any atom is -0.481 e. The summed E-state index contributed by atoms with van der Waals surface area (Å²) in [5.74, 6) is -1.28. The van der Waals surface area contributed by atoms with Crippen LogP contribution in [0, 0.1) is 5.82 Å². The topological polar surface area (TPSA) is 81.5 Å². The lowest BCUT2D eigenvalue weighted by Crippen LogP contribution is -1.98. The van der Waals surface area contributed by atoms with E-state index in [1.165, 1.54) is 32.4 Å². The van der Waals surface area contributed by atoms with Crippen molar-refractivity contribution in [3.05, 3.63) is 35.6 Å². The van der Waals surface area contributed by atoms with Crippen LogP contribution in [0.2, 0.25) is 0 Å². The molecule has 1 heterocycles. The molecule has 0 aliphatic heterocycles. The van der Waals surface area contributed by atoms with Crippen molar-refractivity contribution in [2.75, 3.05) is 14.2 Å². The first-order valence-electron chi connectivity index (χ1n) is 5.71. The summed E-state index contributed by atoms with van der Waals surface area (Å²) in [5.41, 5.74) is -0.124. The molecule has 0 fully saturated rings. The Bertz CT molecular complexity index is 659. The van der Waals surface area contributed by atoms with Gasteiger partial charge in [0, 0.05) is 0 Å². The monoisotopic (exact) mass is 310 g/mol. The molecule has 2 rings (SSSR count). The van der Waals surface area contributed by atoms with Crippen LogP contribution in [0.1, 0.15) is 10.4 Å². The second-order valence-electron chi connectivity index (χ2n) is 3.79. The number of rotatable bonds is 5. The molecule has 0 radical (unpaired) electrons. The van der Waals surface area contributed by atoms with Gasteiger partial charge in [-0.1, -0.05) is 0 Å². The molecule has 21 heavy (non-hydrogen) atoms. The summed E-state index contributed by atoms with van der Waals surface area (Å²) in [6.45, 7) is 0. The normalized spacial score (nSPS) is 10.2. The number of nitrogens with zero attached hydrogens (tertiary/aromatic N) is 2. The molecule has 6 nitrogen and oxygen atoms in total. The highest BCUT2D eigenvalue weighted by molar-refractivity contribution is 7.99. The van der Waals surface area contributed by atoms with Crippen LogP contribution in [0.3, 0.4) is 0 Å². The van der Waals surface area contributed by atoms with Gasteiger partial charge < -0.3 is 14.6 Å². The average Bonchev–Trinajstić information content (AvgIpc) is 2.48. The van der Waals surface area contributed by atoms with Crippen molar-refractivity contribution >= 4 is 17.7 Å². The first-order valence-corrected chi connectivity index (χ1v) is 6.53. The molecule has 0 saturated heterocycles. The standard InChI is InChI=1S/C13H11FN2O4S/c1-19-10-6-11(20-2)16-13(15-10)21-9-4-3-7(12(17)18)5-8(9)14/h3-6H,1-2H3,(H,17,18). The number of aromatic nitrogens is 2. The van der Waals surface area contributed by atoms with Crippen LogP contribution in [0.25, 0.3) is 0 Å². The maximum absolute atomic E-state index is 13.9. The van der Waals surface area contributed by atoms with Crippen molar-refractivity contribution in [1.29, 1.82) is 0 Å². The lowest BCUT2D eigenvalue weighted by molar-refractivity contribution is 0.0696. The first kappa shape index (κ1) is 15.0. The number of carbonyl (C=O) groups is 1. The number of carboxylic acid groups (broad SMARTS) is 1. The minimum absolute atomic E-state index is 0.124. The van der Waals surface area contributed by atoms with E-state index in [0.717, 1.165) is 17.8 Å². The van der Waals surface area contributed by atoms with Gasteiger partial charge in [-0.3, -0.25) is 0 Å². The van der Waals surface area contributed by atoms with Gasteiger partial charge in [-0.2, -0.15) is 9.97 Å². The van der Waals surface area contributed by atoms with E-state index < -0.39 is 11.8 Å². The van der Waals surface area contributed by atoms with Crippen molar-refractivity contribution in [3.63, 3.8) is 0 Å². The predicted molar refractivity (Wildman–Crippen MR) is 72.6 cm³/mol. The second kappa shape index (κ2) is 6.40. The fraction of sp³-hybridized carbons (Fsp3) is 0.154. The fourth-order valence-corrected chi connectivity index (χ4v) is 2.21. The molecule has 1 aromatic heterocycles. The Balaban J connectivity index is 2.31. The van der Waals surface area contributed by atoms with Gasteiger partial charge in [0.05, 0.1) is 30.7 Å². The van der Waals surface area contributed by atoms with E-state index in [-0.39, 0.29) is 27.4 Å². The highest BCUT2D eigenvalue weighted by Crippen LogP contribution is 2.30. The van der Waals surface area contributed by atoms with E-state index in [2.05, 4.69) is 9.97 Å². The molecular formula is C13H11FN2O4S. The van der Waals surface area contributed by atoms with Gasteiger partial charge in [0.25, 0.3) is 0 Å². The van der Waals surface area contributed by atoms with Gasteiger partial charge in [-0.15, -0.1) is 0 Å². The second-order valence-corrected chi connectivity index (χ2v) is 4.80. The molecule has 1 N–H and O–H groups in total. The molecule has 0 atom stereocenters. The van der Waals surface area contributed by atoms with E-state index in [4.69, 9.17) is 14.6 Å². The number of carboxylic acids is 1. The summed E-state index contributed by atoms with van der Waals surface area (Å²) < 4.78 is 23.9. The number of methoxy groups -OCH3 is 2. The maximum atomic E-state index is 13.9. The summed E-state index contributed by atoms with van der Waals surface area (Å²) in [7, 11) is 2.89. The Morgan fingerprint density at radius 3 is 2.29 bits per heavy atom. The largest absolute Gasteiger partial charge is 0.481 e. The molecule has 0 amide bonds. The molecular weight excluding hydrogens is 299 g/mol. The van der Waals surface area contributed by atoms with Crippen molar-refractivity contribution in [2.45, 2.75) is 10.1 Å². The van der Waals surface area contributed by atoms with Crippen LogP contribution >= 0.6 is 11.8 Å². The zero-order valence-corrected chi connectivity index (χ0v) is 12.0. The minimum atomic E-state index is -1.19. The van der Waals surface area contributed by atoms with Crippen LogP contribution in [0.5, 0.6) is 11.8 Å². The van der Waals surface area contributed by atoms with Crippen LogP contribution in [0.15, 0.2) is 34.3 Å². The predicted octanol–water partition coefficient (Wildman–Crippen LogP) is 2.48. The summed E-state index contributed by atoms with van der Waals surface area (Å²) in [5, 5.41) is 9.03. The number of hydrogen-bond donors (Lipinski definition) is 1. The van der Waals surface area contributed by atoms with Gasteiger partial charge in [-0.25, -0.2) is 9.18 Å². The highest BCUT2D eigenvalue weighted by atomic mass is 32.2. The van der Waals surface area contributed by atoms with Crippen molar-refractivity contribution in [2.24, 2.45) is 0 Å². The van der Waals surface area contributed by atoms with Gasteiger partial charge in [-0.05, 0) is 30.0 Å². The molecule has 0 bridgehead atoms. The van der Waals surface area contributed by atoms with Crippen LogP contribution < -0.4 is 9.47 Å². The van der Waals surface area contributed by atoms with Crippen molar-refractivity contribution < 1.29 is 23.8 Å². The molecule has 1 aromatic carbocycles. The van der Waals surface area contributed by atoms with Gasteiger partial charge in [0.15, 0.2) is 5.16 Å². The number of ether oxygens (including phenoxy) is 2. The third-order valence-electron chi connectivity index (χ3n) is 2.46. The van der Waals surface area contributed by atoms with E-state index in [9.17, 15) is 9.18 Å². The van der Waals surface area contributed by atoms with Crippen LogP contribution in [0.4, 0.5) is 4.39 Å². The molecule has 8 heteroatoms. The molecule has 0 spiro atoms. The van der Waals surface area contributed by atoms with E-state index >= 15 is 0 Å². The Kier molecular flexibility index (Phi) is 4.59. The Morgan fingerprint density at radius 2 is 1.81 bits per heavy atom. The van der Waals surface area contributed by atoms with Gasteiger partial charge in [0.2, 0.25) is 11.8 Å². The summed E-state index contributed by atoms with van der Waals surface area (Å²) in [4.78, 5) is 19.1. The summed E-state index contributed by atoms with van der Waals surface area (Å²) >= 11 is 0.944. The molecule has 2 aromatic rings. The zero-order chi connectivity index (χ0) is 15.4. The van der Waals surface area contributed by atoms with E-state index in [1.807, 2.05) is 0 Å². The van der Waals surface area contributed by atoms with E-state index in [0.29, 0.717) is 0 Å². The third kappa shape index (κ3) is 3.60. The lowest BCUT2D eigenvalue weighted by atomic mass is 10.2. The van der Waals surface area contributed by atoms with Crippen molar-refractivity contribution in [1.82, 2.24) is 9.97 Å². The molecule has 0 unspecified atom stereocenters. The fourth-order valence-electron chi connectivity index (χ4n) is 1.45. The summed E-state index contributed by atoms with van der Waals surface area (Å²) in [6, 6.07) is 5.11. The first-order chi connectivity index (χ1) is 10.0. The lowest BCUT2D eigenvalue weighted by Gasteiger charge is -2.07. The zero-order valence-electron chi connectivity index (χ0n) is 11.2.